The van der Waals surface area contributed by atoms with Crippen LogP contribution in [0.25, 0.3) is 0 Å². The number of nitrogens with one attached hydrogen (secondary N) is 1. The van der Waals surface area contributed by atoms with E-state index in [4.69, 9.17) is 0 Å². The van der Waals surface area contributed by atoms with Crippen LogP contribution in [0.4, 0.5) is 5.82 Å². The number of rotatable bonds is 4. The summed E-state index contributed by atoms with van der Waals surface area (Å²) in [7, 11) is 1.65. The number of hydrogen-bond acceptors (Lipinski definition) is 4. The third-order valence-electron chi connectivity index (χ3n) is 4.79. The van der Waals surface area contributed by atoms with Gasteiger partial charge in [-0.1, -0.05) is 30.3 Å². The fourth-order valence-corrected chi connectivity index (χ4v) is 3.19. The molecule has 1 aliphatic heterocycles. The molecule has 6 nitrogen and oxygen atoms in total. The van der Waals surface area contributed by atoms with Gasteiger partial charge >= 0.3 is 0 Å². The molecule has 0 radical (unpaired) electrons. The average Bonchev–Trinajstić information content (AvgIpc) is 2.65. The quantitative estimate of drug-likeness (QED) is 0.923. The Kier molecular flexibility index (Phi) is 5.16. The standard InChI is InChI=1S/C19H24N4O2/c1-14(15-6-4-3-5-7-15)20-19(25)16-10-12-23(13-11-16)17-8-9-18(24)22(2)21-17/h3-9,14,16H,10-13H2,1-2H3,(H,20,25)/t14-/m0/s1. The number of piperidine rings is 1. The fraction of sp³-hybridized carbons (Fsp3) is 0.421. The third kappa shape index (κ3) is 4.07. The summed E-state index contributed by atoms with van der Waals surface area (Å²) in [5.41, 5.74) is 0.996. The summed E-state index contributed by atoms with van der Waals surface area (Å²) < 4.78 is 1.34. The van der Waals surface area contributed by atoms with Crippen LogP contribution in [0.2, 0.25) is 0 Å². The molecule has 0 bridgehead atoms. The van der Waals surface area contributed by atoms with Crippen LogP contribution >= 0.6 is 0 Å². The largest absolute Gasteiger partial charge is 0.355 e. The molecule has 1 amide bonds. The Labute approximate surface area is 147 Å². The summed E-state index contributed by atoms with van der Waals surface area (Å²) in [6.07, 6.45) is 1.58. The van der Waals surface area contributed by atoms with E-state index in [0.717, 1.165) is 37.3 Å². The van der Waals surface area contributed by atoms with E-state index >= 15 is 0 Å². The van der Waals surface area contributed by atoms with Gasteiger partial charge in [0.25, 0.3) is 5.56 Å². The van der Waals surface area contributed by atoms with Crippen LogP contribution in [0.15, 0.2) is 47.3 Å². The highest BCUT2D eigenvalue weighted by molar-refractivity contribution is 5.79. The van der Waals surface area contributed by atoms with Crippen molar-refractivity contribution in [2.24, 2.45) is 13.0 Å². The zero-order chi connectivity index (χ0) is 17.8. The molecule has 2 aromatic rings. The molecule has 0 unspecified atom stereocenters. The van der Waals surface area contributed by atoms with E-state index in [2.05, 4.69) is 15.3 Å². The molecule has 1 aliphatic rings. The number of aryl methyl sites for hydroxylation is 1. The molecule has 2 heterocycles. The predicted octanol–water partition coefficient (Wildman–Crippen LogP) is 1.87. The maximum atomic E-state index is 12.5. The first-order chi connectivity index (χ1) is 12.0. The highest BCUT2D eigenvalue weighted by atomic mass is 16.2. The van der Waals surface area contributed by atoms with Crippen LogP contribution in [0.3, 0.4) is 0 Å². The van der Waals surface area contributed by atoms with Gasteiger partial charge in [-0.3, -0.25) is 9.59 Å². The average molecular weight is 340 g/mol. The summed E-state index contributed by atoms with van der Waals surface area (Å²) in [6, 6.07) is 13.3. The van der Waals surface area contributed by atoms with Gasteiger partial charge in [0.1, 0.15) is 5.82 Å². The number of nitrogens with zero attached hydrogens (tertiary/aromatic N) is 3. The molecule has 0 aliphatic carbocycles. The Hall–Kier alpha value is -2.63. The third-order valence-corrected chi connectivity index (χ3v) is 4.79. The van der Waals surface area contributed by atoms with E-state index in [1.165, 1.54) is 10.7 Å². The maximum Gasteiger partial charge on any atom is 0.266 e. The van der Waals surface area contributed by atoms with Gasteiger partial charge in [0.15, 0.2) is 0 Å². The van der Waals surface area contributed by atoms with Gasteiger partial charge in [0.05, 0.1) is 6.04 Å². The number of aromatic nitrogens is 2. The van der Waals surface area contributed by atoms with E-state index in [9.17, 15) is 9.59 Å². The van der Waals surface area contributed by atoms with Gasteiger partial charge in [0.2, 0.25) is 5.91 Å². The summed E-state index contributed by atoms with van der Waals surface area (Å²) >= 11 is 0. The molecule has 1 aromatic heterocycles. The predicted molar refractivity (Wildman–Crippen MR) is 97.4 cm³/mol. The van der Waals surface area contributed by atoms with Crippen molar-refractivity contribution in [1.82, 2.24) is 15.1 Å². The topological polar surface area (TPSA) is 67.2 Å². The monoisotopic (exact) mass is 340 g/mol. The van der Waals surface area contributed by atoms with Crippen LogP contribution < -0.4 is 15.8 Å². The number of hydrogen-bond donors (Lipinski definition) is 1. The molecule has 132 valence electrons. The first-order valence-corrected chi connectivity index (χ1v) is 8.69. The highest BCUT2D eigenvalue weighted by Gasteiger charge is 2.26. The van der Waals surface area contributed by atoms with Crippen molar-refractivity contribution in [2.75, 3.05) is 18.0 Å². The normalized spacial score (nSPS) is 16.5. The molecular formula is C19H24N4O2. The Bertz CT molecular complexity index is 780. The van der Waals surface area contributed by atoms with Gasteiger partial charge in [-0.25, -0.2) is 4.68 Å². The van der Waals surface area contributed by atoms with Crippen LogP contribution in [-0.2, 0) is 11.8 Å². The molecule has 1 atom stereocenters. The van der Waals surface area contributed by atoms with Gasteiger partial charge in [-0.05, 0) is 31.4 Å². The fourth-order valence-electron chi connectivity index (χ4n) is 3.19. The first kappa shape index (κ1) is 17.2. The minimum atomic E-state index is -0.118. The van der Waals surface area contributed by atoms with Crippen LogP contribution in [0, 0.1) is 5.92 Å². The lowest BCUT2D eigenvalue weighted by Gasteiger charge is -2.32. The number of anilines is 1. The highest BCUT2D eigenvalue weighted by Crippen LogP contribution is 2.22. The summed E-state index contributed by atoms with van der Waals surface area (Å²) in [5.74, 6) is 0.929. The van der Waals surface area contributed by atoms with E-state index < -0.39 is 0 Å². The number of benzene rings is 1. The molecule has 1 N–H and O–H groups in total. The van der Waals surface area contributed by atoms with Gasteiger partial charge in [-0.2, -0.15) is 5.10 Å². The van der Waals surface area contributed by atoms with E-state index in [-0.39, 0.29) is 23.4 Å². The lowest BCUT2D eigenvalue weighted by Crippen LogP contribution is -2.42. The van der Waals surface area contributed by atoms with Crippen LogP contribution in [0.5, 0.6) is 0 Å². The van der Waals surface area contributed by atoms with Crippen molar-refractivity contribution in [3.05, 3.63) is 58.4 Å². The van der Waals surface area contributed by atoms with Crippen molar-refractivity contribution in [1.29, 1.82) is 0 Å². The molecule has 1 saturated heterocycles. The van der Waals surface area contributed by atoms with Crippen LogP contribution in [-0.4, -0.2) is 28.8 Å². The second-order valence-corrected chi connectivity index (χ2v) is 6.56. The minimum Gasteiger partial charge on any atom is -0.355 e. The van der Waals surface area contributed by atoms with Crippen molar-refractivity contribution in [2.45, 2.75) is 25.8 Å². The van der Waals surface area contributed by atoms with Crippen molar-refractivity contribution in [3.63, 3.8) is 0 Å². The Morgan fingerprint density at radius 3 is 2.48 bits per heavy atom. The Morgan fingerprint density at radius 2 is 1.84 bits per heavy atom. The number of carbonyl (C=O) groups is 1. The zero-order valence-corrected chi connectivity index (χ0v) is 14.7. The summed E-state index contributed by atoms with van der Waals surface area (Å²) in [6.45, 7) is 3.54. The molecule has 1 fully saturated rings. The smallest absolute Gasteiger partial charge is 0.266 e. The Morgan fingerprint density at radius 1 is 1.16 bits per heavy atom. The summed E-state index contributed by atoms with van der Waals surface area (Å²) in [4.78, 5) is 26.1. The van der Waals surface area contributed by atoms with Crippen molar-refractivity contribution >= 4 is 11.7 Å². The van der Waals surface area contributed by atoms with E-state index in [1.807, 2.05) is 37.3 Å². The minimum absolute atomic E-state index is 0.0112. The molecule has 6 heteroatoms. The van der Waals surface area contributed by atoms with E-state index in [0.29, 0.717) is 0 Å². The number of carbonyl (C=O) groups excluding carboxylic acids is 1. The second kappa shape index (κ2) is 7.51. The van der Waals surface area contributed by atoms with Gasteiger partial charge in [0, 0.05) is 32.1 Å². The zero-order valence-electron chi connectivity index (χ0n) is 14.7. The van der Waals surface area contributed by atoms with Crippen LogP contribution in [0.1, 0.15) is 31.4 Å². The van der Waals surface area contributed by atoms with Crippen molar-refractivity contribution in [3.8, 4) is 0 Å². The molecule has 0 spiro atoms. The Balaban J connectivity index is 1.55. The van der Waals surface area contributed by atoms with Gasteiger partial charge in [-0.15, -0.1) is 0 Å². The first-order valence-electron chi connectivity index (χ1n) is 8.69. The number of amides is 1. The second-order valence-electron chi connectivity index (χ2n) is 6.56. The molecule has 0 saturated carbocycles. The molecule has 3 rings (SSSR count). The SMILES string of the molecule is C[C@H](NC(=O)C1CCN(c2ccc(=O)n(C)n2)CC1)c1ccccc1. The lowest BCUT2D eigenvalue weighted by atomic mass is 9.95. The molecular weight excluding hydrogens is 316 g/mol. The van der Waals surface area contributed by atoms with E-state index in [1.54, 1.807) is 13.1 Å². The lowest BCUT2D eigenvalue weighted by molar-refractivity contribution is -0.126. The maximum absolute atomic E-state index is 12.5. The van der Waals surface area contributed by atoms with Gasteiger partial charge < -0.3 is 10.2 Å². The summed E-state index contributed by atoms with van der Waals surface area (Å²) in [5, 5.41) is 7.40. The molecule has 25 heavy (non-hydrogen) atoms. The van der Waals surface area contributed by atoms with Crippen molar-refractivity contribution < 1.29 is 4.79 Å². The molecule has 1 aromatic carbocycles.